The van der Waals surface area contributed by atoms with Crippen molar-refractivity contribution in [2.24, 2.45) is 0 Å². The maximum absolute atomic E-state index is 11.1. The van der Waals surface area contributed by atoms with E-state index in [2.05, 4.69) is 26.7 Å². The first-order chi connectivity index (χ1) is 15.9. The van der Waals surface area contributed by atoms with Crippen LogP contribution in [0.15, 0.2) is 24.4 Å². The minimum absolute atomic E-state index is 0.103. The van der Waals surface area contributed by atoms with Crippen molar-refractivity contribution >= 4 is 17.3 Å². The van der Waals surface area contributed by atoms with E-state index < -0.39 is 18.2 Å². The molecule has 1 aliphatic carbocycles. The number of anilines is 3. The summed E-state index contributed by atoms with van der Waals surface area (Å²) < 4.78 is 15.7. The molecule has 0 aromatic carbocycles. The molecule has 1 fully saturated rings. The van der Waals surface area contributed by atoms with Gasteiger partial charge in [0.15, 0.2) is 0 Å². The second kappa shape index (κ2) is 9.46. The van der Waals surface area contributed by atoms with Crippen LogP contribution in [0, 0.1) is 11.3 Å². The second-order valence-corrected chi connectivity index (χ2v) is 8.08. The van der Waals surface area contributed by atoms with Crippen molar-refractivity contribution < 1.29 is 24.4 Å². The second-order valence-electron chi connectivity index (χ2n) is 8.08. The molecule has 0 amide bonds. The lowest BCUT2D eigenvalue weighted by molar-refractivity contribution is -0.109. The van der Waals surface area contributed by atoms with Crippen molar-refractivity contribution in [3.63, 3.8) is 0 Å². The first-order valence-electron chi connectivity index (χ1n) is 10.6. The molecule has 176 valence electrons. The van der Waals surface area contributed by atoms with E-state index in [9.17, 15) is 15.5 Å². The predicted molar refractivity (Wildman–Crippen MR) is 119 cm³/mol. The third-order valence-electron chi connectivity index (χ3n) is 6.04. The van der Waals surface area contributed by atoms with Crippen molar-refractivity contribution in [2.75, 3.05) is 50.0 Å². The van der Waals surface area contributed by atoms with Crippen LogP contribution in [-0.2, 0) is 19.8 Å². The monoisotopic (exact) mass is 456 g/mol. The molecular formula is C22H28N6O5. The molecule has 2 aliphatic heterocycles. The number of ether oxygens (including phenoxy) is 3. The maximum atomic E-state index is 11.1. The Balaban J connectivity index is 1.60. The predicted octanol–water partition coefficient (Wildman–Crippen LogP) is 1.26. The van der Waals surface area contributed by atoms with Crippen molar-refractivity contribution in [3.8, 4) is 6.07 Å². The van der Waals surface area contributed by atoms with Gasteiger partial charge in [0.25, 0.3) is 0 Å². The van der Waals surface area contributed by atoms with Crippen LogP contribution in [0.3, 0.4) is 0 Å². The Bertz CT molecular complexity index is 1030. The number of nitrogens with zero attached hydrogens (tertiary/aromatic N) is 4. The largest absolute Gasteiger partial charge is 0.385 e. The average Bonchev–Trinajstić information content (AvgIpc) is 2.79. The molecule has 11 heteroatoms. The van der Waals surface area contributed by atoms with E-state index in [0.717, 1.165) is 0 Å². The van der Waals surface area contributed by atoms with Crippen LogP contribution in [-0.4, -0.2) is 67.1 Å². The maximum Gasteiger partial charge on any atom is 0.207 e. The minimum atomic E-state index is -1.17. The van der Waals surface area contributed by atoms with Gasteiger partial charge in [-0.25, -0.2) is 9.97 Å². The SMILES string of the molecule is COCCNc1cc(NC(O)N2c3nc(C(OC)OC)ccc3C3(O)CC2C3)ncc1C#N. The molecule has 5 rings (SSSR count). The highest BCUT2D eigenvalue weighted by molar-refractivity contribution is 5.63. The fourth-order valence-electron chi connectivity index (χ4n) is 4.38. The summed E-state index contributed by atoms with van der Waals surface area (Å²) in [5.41, 5.74) is 1.19. The smallest absolute Gasteiger partial charge is 0.207 e. The summed E-state index contributed by atoms with van der Waals surface area (Å²) in [6.07, 6.45) is 0.576. The standard InChI is InChI=1S/C22H28N6O5/c1-31-7-6-24-17-8-18(25-12-13(17)11-23)27-21(29)28-14-9-22(30,10-14)15-4-5-16(26-19(15)28)20(32-2)33-3/h4-5,8,12,14,20-21,29-30H,6-7,9-10H2,1-3H3,(H2,24,25,27). The number of rotatable bonds is 10. The molecule has 11 nitrogen and oxygen atoms in total. The fraction of sp³-hybridized carbons (Fsp3) is 0.500. The summed E-state index contributed by atoms with van der Waals surface area (Å²) in [5.74, 6) is 0.842. The van der Waals surface area contributed by atoms with Crippen LogP contribution in [0.25, 0.3) is 0 Å². The molecule has 4 N–H and O–H groups in total. The van der Waals surface area contributed by atoms with Crippen LogP contribution in [0.5, 0.6) is 0 Å². The zero-order valence-corrected chi connectivity index (χ0v) is 18.8. The van der Waals surface area contributed by atoms with Gasteiger partial charge >= 0.3 is 0 Å². The lowest BCUT2D eigenvalue weighted by Crippen LogP contribution is -2.63. The van der Waals surface area contributed by atoms with Crippen LogP contribution < -0.4 is 15.5 Å². The summed E-state index contributed by atoms with van der Waals surface area (Å²) in [5, 5.41) is 37.5. The molecule has 2 aromatic heterocycles. The third kappa shape index (κ3) is 4.31. The van der Waals surface area contributed by atoms with Crippen LogP contribution in [0.2, 0.25) is 0 Å². The fourth-order valence-corrected chi connectivity index (χ4v) is 4.38. The van der Waals surface area contributed by atoms with E-state index >= 15 is 0 Å². The van der Waals surface area contributed by atoms with Gasteiger partial charge < -0.3 is 40.0 Å². The molecule has 1 atom stereocenters. The van der Waals surface area contributed by atoms with E-state index in [-0.39, 0.29) is 6.04 Å². The molecule has 0 spiro atoms. The Morgan fingerprint density at radius 3 is 2.73 bits per heavy atom. The summed E-state index contributed by atoms with van der Waals surface area (Å²) in [6.45, 7) is 0.996. The molecule has 1 saturated carbocycles. The van der Waals surface area contributed by atoms with E-state index in [0.29, 0.717) is 60.1 Å². The number of pyridine rings is 2. The molecule has 33 heavy (non-hydrogen) atoms. The van der Waals surface area contributed by atoms with Crippen LogP contribution in [0.4, 0.5) is 17.3 Å². The van der Waals surface area contributed by atoms with Gasteiger partial charge in [-0.1, -0.05) is 6.07 Å². The lowest BCUT2D eigenvalue weighted by Gasteiger charge is -2.56. The van der Waals surface area contributed by atoms with Gasteiger partial charge in [-0.15, -0.1) is 0 Å². The van der Waals surface area contributed by atoms with Gasteiger partial charge in [-0.3, -0.25) is 0 Å². The first-order valence-corrected chi connectivity index (χ1v) is 10.6. The van der Waals surface area contributed by atoms with Gasteiger partial charge in [0.05, 0.1) is 29.2 Å². The van der Waals surface area contributed by atoms with E-state index in [1.54, 1.807) is 30.2 Å². The van der Waals surface area contributed by atoms with Gasteiger partial charge in [0.1, 0.15) is 17.7 Å². The number of aromatic nitrogens is 2. The number of methoxy groups -OCH3 is 3. The molecule has 2 bridgehead atoms. The number of hydrogen-bond acceptors (Lipinski definition) is 11. The van der Waals surface area contributed by atoms with Crippen LogP contribution in [0.1, 0.15) is 36.0 Å². The van der Waals surface area contributed by atoms with E-state index in [4.69, 9.17) is 14.2 Å². The molecule has 1 unspecified atom stereocenters. The first kappa shape index (κ1) is 23.2. The van der Waals surface area contributed by atoms with Gasteiger partial charge in [-0.05, 0) is 6.07 Å². The Morgan fingerprint density at radius 2 is 2.06 bits per heavy atom. The Hall–Kier alpha value is -3.01. The van der Waals surface area contributed by atoms with E-state index in [1.165, 1.54) is 20.4 Å². The summed E-state index contributed by atoms with van der Waals surface area (Å²) in [6, 6.07) is 7.21. The van der Waals surface area contributed by atoms with Crippen molar-refractivity contribution in [2.45, 2.75) is 37.1 Å². The van der Waals surface area contributed by atoms with Gasteiger partial charge in [0.2, 0.25) is 12.6 Å². The molecule has 3 aliphatic rings. The minimum Gasteiger partial charge on any atom is -0.385 e. The Kier molecular flexibility index (Phi) is 6.64. The highest BCUT2D eigenvalue weighted by atomic mass is 16.7. The number of nitrogens with one attached hydrogen (secondary N) is 2. The topological polar surface area (TPSA) is 145 Å². The normalized spacial score (nSPS) is 21.7. The number of aliphatic hydroxyl groups is 2. The summed E-state index contributed by atoms with van der Waals surface area (Å²) in [4.78, 5) is 10.6. The van der Waals surface area contributed by atoms with Gasteiger partial charge in [0, 0.05) is 64.6 Å². The summed E-state index contributed by atoms with van der Waals surface area (Å²) >= 11 is 0. The zero-order valence-electron chi connectivity index (χ0n) is 18.8. The molecule has 0 radical (unpaired) electrons. The molecular weight excluding hydrogens is 428 g/mol. The highest BCUT2D eigenvalue weighted by Gasteiger charge is 2.55. The number of hydrogen-bond donors (Lipinski definition) is 4. The number of nitriles is 1. The quantitative estimate of drug-likeness (QED) is 0.303. The Labute approximate surface area is 191 Å². The average molecular weight is 457 g/mol. The lowest BCUT2D eigenvalue weighted by atomic mass is 9.67. The third-order valence-corrected chi connectivity index (χ3v) is 6.04. The molecule has 4 heterocycles. The number of aliphatic hydroxyl groups excluding tert-OH is 1. The molecule has 2 aromatic rings. The Morgan fingerprint density at radius 1 is 1.30 bits per heavy atom. The van der Waals surface area contributed by atoms with Crippen molar-refractivity contribution in [3.05, 3.63) is 41.2 Å². The van der Waals surface area contributed by atoms with Crippen LogP contribution >= 0.6 is 0 Å². The zero-order chi connectivity index (χ0) is 23.6. The van der Waals surface area contributed by atoms with Crippen molar-refractivity contribution in [1.29, 1.82) is 5.26 Å². The van der Waals surface area contributed by atoms with Gasteiger partial charge in [-0.2, -0.15) is 5.26 Å². The van der Waals surface area contributed by atoms with E-state index in [1.807, 2.05) is 0 Å². The highest BCUT2D eigenvalue weighted by Crippen LogP contribution is 2.53. The summed E-state index contributed by atoms with van der Waals surface area (Å²) in [7, 11) is 4.63. The van der Waals surface area contributed by atoms with Crippen molar-refractivity contribution in [1.82, 2.24) is 9.97 Å². The molecule has 0 saturated heterocycles.